The number of fused-ring (bicyclic) bond motifs is 2. The molecule has 2 N–H and O–H groups in total. The predicted octanol–water partition coefficient (Wildman–Crippen LogP) is 2.96. The highest BCUT2D eigenvalue weighted by Crippen LogP contribution is 2.40. The molecule has 0 spiro atoms. The maximum atomic E-state index is 14.0. The normalized spacial score (nSPS) is 26.8. The number of piperidine rings is 1. The summed E-state index contributed by atoms with van der Waals surface area (Å²) in [6, 6.07) is 0.976. The largest absolute Gasteiger partial charge is 0.337 e. The molecule has 5 nitrogen and oxygen atoms in total. The van der Waals surface area contributed by atoms with E-state index in [1.165, 1.54) is 0 Å². The SMILES string of the molecule is N[C@H](Cc1cc(F)c(F)cc1F)C1C[C@H]2CC[C@@H](C1)N2C(=O)CCS(=O)(=O)CC1CC1. The van der Waals surface area contributed by atoms with Crippen LogP contribution in [0.4, 0.5) is 13.2 Å². The summed E-state index contributed by atoms with van der Waals surface area (Å²) in [7, 11) is -3.20. The molecule has 31 heavy (non-hydrogen) atoms. The minimum Gasteiger partial charge on any atom is -0.337 e. The number of nitrogens with zero attached hydrogens (tertiary/aromatic N) is 1. The van der Waals surface area contributed by atoms with Gasteiger partial charge in [-0.1, -0.05) is 0 Å². The van der Waals surface area contributed by atoms with Crippen molar-refractivity contribution in [3.63, 3.8) is 0 Å². The highest BCUT2D eigenvalue weighted by atomic mass is 32.2. The lowest BCUT2D eigenvalue weighted by molar-refractivity contribution is -0.136. The summed E-state index contributed by atoms with van der Waals surface area (Å²) in [5.41, 5.74) is 6.37. The Morgan fingerprint density at radius 2 is 1.65 bits per heavy atom. The van der Waals surface area contributed by atoms with E-state index in [0.29, 0.717) is 18.9 Å². The minimum atomic E-state index is -3.20. The maximum Gasteiger partial charge on any atom is 0.224 e. The van der Waals surface area contributed by atoms with Crippen molar-refractivity contribution >= 4 is 15.7 Å². The average Bonchev–Trinajstić information content (AvgIpc) is 3.46. The Morgan fingerprint density at radius 3 is 2.26 bits per heavy atom. The molecule has 1 unspecified atom stereocenters. The van der Waals surface area contributed by atoms with Crippen molar-refractivity contribution < 1.29 is 26.4 Å². The van der Waals surface area contributed by atoms with E-state index in [-0.39, 0.29) is 59.7 Å². The fourth-order valence-electron chi connectivity index (χ4n) is 5.22. The molecule has 1 aliphatic carbocycles. The molecule has 1 aromatic carbocycles. The van der Waals surface area contributed by atoms with Crippen molar-refractivity contribution in [3.05, 3.63) is 35.1 Å². The van der Waals surface area contributed by atoms with E-state index in [0.717, 1.165) is 31.7 Å². The molecule has 2 bridgehead atoms. The van der Waals surface area contributed by atoms with E-state index < -0.39 is 33.3 Å². The van der Waals surface area contributed by atoms with Crippen LogP contribution in [0.1, 0.15) is 50.5 Å². The third-order valence-electron chi connectivity index (χ3n) is 7.02. The van der Waals surface area contributed by atoms with Crippen molar-refractivity contribution in [1.29, 1.82) is 0 Å². The fraction of sp³-hybridized carbons (Fsp3) is 0.682. The van der Waals surface area contributed by atoms with E-state index >= 15 is 0 Å². The molecule has 9 heteroatoms. The van der Waals surface area contributed by atoms with Crippen LogP contribution in [0.15, 0.2) is 12.1 Å². The third-order valence-corrected chi connectivity index (χ3v) is 8.83. The zero-order valence-corrected chi connectivity index (χ0v) is 18.2. The van der Waals surface area contributed by atoms with Crippen LogP contribution in [0.5, 0.6) is 0 Å². The Kier molecular flexibility index (Phi) is 6.36. The minimum absolute atomic E-state index is 0.00300. The second-order valence-corrected chi connectivity index (χ2v) is 11.7. The first-order valence-electron chi connectivity index (χ1n) is 11.0. The third kappa shape index (κ3) is 5.25. The standard InChI is InChI=1S/C22H29F3N2O3S/c23-18-11-20(25)19(24)9-14(18)10-21(26)15-7-16-3-4-17(8-15)27(16)22(28)5-6-31(29,30)12-13-1-2-13/h9,11,13,15-17,21H,1-8,10,12,26H2/t15?,16-,17+,21-/m1/s1. The van der Waals surface area contributed by atoms with E-state index in [1.807, 2.05) is 4.90 Å². The van der Waals surface area contributed by atoms with Crippen LogP contribution in [0, 0.1) is 29.3 Å². The fourth-order valence-corrected chi connectivity index (χ4v) is 6.92. The second kappa shape index (κ2) is 8.73. The summed E-state index contributed by atoms with van der Waals surface area (Å²) >= 11 is 0. The molecule has 172 valence electrons. The lowest BCUT2D eigenvalue weighted by atomic mass is 9.82. The van der Waals surface area contributed by atoms with Crippen LogP contribution >= 0.6 is 0 Å². The van der Waals surface area contributed by atoms with Crippen LogP contribution in [-0.2, 0) is 21.1 Å². The maximum absolute atomic E-state index is 14.0. The van der Waals surface area contributed by atoms with Gasteiger partial charge in [0.25, 0.3) is 0 Å². The van der Waals surface area contributed by atoms with Gasteiger partial charge in [0.15, 0.2) is 21.5 Å². The summed E-state index contributed by atoms with van der Waals surface area (Å²) in [4.78, 5) is 14.6. The molecule has 2 saturated heterocycles. The van der Waals surface area contributed by atoms with Gasteiger partial charge in [-0.2, -0.15) is 0 Å². The van der Waals surface area contributed by atoms with E-state index in [9.17, 15) is 26.4 Å². The van der Waals surface area contributed by atoms with E-state index in [2.05, 4.69) is 0 Å². The van der Waals surface area contributed by atoms with Gasteiger partial charge in [-0.05, 0) is 68.4 Å². The Balaban J connectivity index is 1.34. The van der Waals surface area contributed by atoms with Gasteiger partial charge >= 0.3 is 0 Å². The molecular formula is C22H29F3N2O3S. The highest BCUT2D eigenvalue weighted by molar-refractivity contribution is 7.91. The number of hydrogen-bond acceptors (Lipinski definition) is 4. The Morgan fingerprint density at radius 1 is 1.03 bits per heavy atom. The summed E-state index contributed by atoms with van der Waals surface area (Å²) in [5.74, 6) is -2.86. The number of carbonyl (C=O) groups excluding carboxylic acids is 1. The van der Waals surface area contributed by atoms with Crippen LogP contribution in [0.2, 0.25) is 0 Å². The molecule has 2 heterocycles. The monoisotopic (exact) mass is 458 g/mol. The summed E-state index contributed by atoms with van der Waals surface area (Å²) in [6.07, 6.45) is 5.02. The van der Waals surface area contributed by atoms with Gasteiger partial charge in [0.05, 0.1) is 11.5 Å². The van der Waals surface area contributed by atoms with Crippen LogP contribution in [0.25, 0.3) is 0 Å². The number of benzene rings is 1. The van der Waals surface area contributed by atoms with Gasteiger partial charge in [0.1, 0.15) is 5.82 Å². The molecule has 0 aromatic heterocycles. The van der Waals surface area contributed by atoms with Gasteiger partial charge < -0.3 is 10.6 Å². The number of carbonyl (C=O) groups is 1. The molecule has 3 fully saturated rings. The van der Waals surface area contributed by atoms with Crippen LogP contribution in [0.3, 0.4) is 0 Å². The molecule has 4 rings (SSSR count). The summed E-state index contributed by atoms with van der Waals surface area (Å²) in [5, 5.41) is 0. The number of hydrogen-bond donors (Lipinski definition) is 1. The highest BCUT2D eigenvalue weighted by Gasteiger charge is 2.44. The quantitative estimate of drug-likeness (QED) is 0.608. The second-order valence-electron chi connectivity index (χ2n) is 9.45. The topological polar surface area (TPSA) is 80.5 Å². The molecule has 1 aromatic rings. The zero-order valence-electron chi connectivity index (χ0n) is 17.4. The average molecular weight is 459 g/mol. The van der Waals surface area contributed by atoms with E-state index in [4.69, 9.17) is 5.73 Å². The first kappa shape index (κ1) is 22.6. The van der Waals surface area contributed by atoms with Crippen LogP contribution in [-0.4, -0.2) is 48.9 Å². The van der Waals surface area contributed by atoms with Crippen LogP contribution < -0.4 is 5.73 Å². The summed E-state index contributed by atoms with van der Waals surface area (Å²) in [6.45, 7) is 0. The number of rotatable bonds is 8. The molecule has 2 aliphatic heterocycles. The Bertz CT molecular complexity index is 938. The lowest BCUT2D eigenvalue weighted by Crippen LogP contribution is -2.50. The number of halogens is 3. The van der Waals surface area contributed by atoms with E-state index in [1.54, 1.807) is 0 Å². The molecule has 1 saturated carbocycles. The van der Waals surface area contributed by atoms with Gasteiger partial charge in [0.2, 0.25) is 5.91 Å². The van der Waals surface area contributed by atoms with Gasteiger partial charge in [-0.3, -0.25) is 4.79 Å². The molecular weight excluding hydrogens is 429 g/mol. The van der Waals surface area contributed by atoms with Crippen molar-refractivity contribution in [2.75, 3.05) is 11.5 Å². The molecule has 3 aliphatic rings. The van der Waals surface area contributed by atoms with Gasteiger partial charge in [0, 0.05) is 30.6 Å². The number of sulfone groups is 1. The van der Waals surface area contributed by atoms with Crippen molar-refractivity contribution in [2.45, 2.75) is 69.5 Å². The first-order chi connectivity index (χ1) is 14.6. The smallest absolute Gasteiger partial charge is 0.224 e. The number of amides is 1. The van der Waals surface area contributed by atoms with Crippen molar-refractivity contribution in [1.82, 2.24) is 4.90 Å². The Labute approximate surface area is 181 Å². The van der Waals surface area contributed by atoms with Gasteiger partial charge in [-0.15, -0.1) is 0 Å². The Hall–Kier alpha value is -1.61. The number of nitrogens with two attached hydrogens (primary N) is 1. The van der Waals surface area contributed by atoms with Crippen molar-refractivity contribution in [2.24, 2.45) is 17.6 Å². The summed E-state index contributed by atoms with van der Waals surface area (Å²) < 4.78 is 65.0. The molecule has 1 amide bonds. The lowest BCUT2D eigenvalue weighted by Gasteiger charge is -2.41. The molecule has 0 radical (unpaired) electrons. The molecule has 4 atom stereocenters. The first-order valence-corrected chi connectivity index (χ1v) is 12.9. The van der Waals surface area contributed by atoms with Crippen molar-refractivity contribution in [3.8, 4) is 0 Å². The zero-order chi connectivity index (χ0) is 22.3. The van der Waals surface area contributed by atoms with Gasteiger partial charge in [-0.25, -0.2) is 21.6 Å². The predicted molar refractivity (Wildman–Crippen MR) is 110 cm³/mol.